The third kappa shape index (κ3) is 4.07. The zero-order valence-corrected chi connectivity index (χ0v) is 23.3. The summed E-state index contributed by atoms with van der Waals surface area (Å²) in [5, 5.41) is 1.38. The predicted molar refractivity (Wildman–Crippen MR) is 147 cm³/mol. The van der Waals surface area contributed by atoms with Gasteiger partial charge < -0.3 is 14.4 Å². The van der Waals surface area contributed by atoms with Crippen LogP contribution in [0.2, 0.25) is 0 Å². The molecule has 0 atom stereocenters. The Balaban J connectivity index is 1.51. The number of hydrogen-bond acceptors (Lipinski definition) is 7. The van der Waals surface area contributed by atoms with Gasteiger partial charge in [0.25, 0.3) is 5.56 Å². The van der Waals surface area contributed by atoms with E-state index in [2.05, 4.69) is 46.7 Å². The maximum Gasteiger partial charge on any atom is 0.331 e. The summed E-state index contributed by atoms with van der Waals surface area (Å²) >= 11 is 7.00. The van der Waals surface area contributed by atoms with Crippen molar-refractivity contribution in [2.45, 2.75) is 32.4 Å². The summed E-state index contributed by atoms with van der Waals surface area (Å²) in [4.78, 5) is 38.1. The van der Waals surface area contributed by atoms with Gasteiger partial charge >= 0.3 is 5.69 Å². The van der Waals surface area contributed by atoms with Gasteiger partial charge in [0.2, 0.25) is 0 Å². The van der Waals surface area contributed by atoms with E-state index in [0.29, 0.717) is 59.4 Å². The van der Waals surface area contributed by atoms with Gasteiger partial charge in [0, 0.05) is 46.1 Å². The average molecular weight is 619 g/mol. The van der Waals surface area contributed by atoms with Gasteiger partial charge in [-0.15, -0.1) is 0 Å². The first kappa shape index (κ1) is 24.8. The Morgan fingerprint density at radius 3 is 2.33 bits per heavy atom. The molecule has 0 bridgehead atoms. The van der Waals surface area contributed by atoms with Crippen LogP contribution in [0.1, 0.15) is 25.8 Å². The van der Waals surface area contributed by atoms with Crippen molar-refractivity contribution in [2.75, 3.05) is 32.2 Å². The molecule has 2 aromatic heterocycles. The van der Waals surface area contributed by atoms with Gasteiger partial charge in [-0.2, -0.15) is 0 Å². The Hall–Kier alpha value is -2.92. The Morgan fingerprint density at radius 2 is 1.67 bits per heavy atom. The average Bonchev–Trinajstić information content (AvgIpc) is 2.88. The second kappa shape index (κ2) is 9.85. The highest BCUT2D eigenvalue weighted by molar-refractivity contribution is 9.11. The number of ether oxygens (including phenoxy) is 2. The molecular formula is C25H25Br2N5O4. The van der Waals surface area contributed by atoms with Crippen LogP contribution in [-0.2, 0) is 6.54 Å². The van der Waals surface area contributed by atoms with Gasteiger partial charge in [-0.1, -0.05) is 15.9 Å². The Labute approximate surface area is 223 Å². The van der Waals surface area contributed by atoms with Gasteiger partial charge in [0.1, 0.15) is 12.1 Å². The van der Waals surface area contributed by atoms with Crippen molar-refractivity contribution in [3.63, 3.8) is 0 Å². The van der Waals surface area contributed by atoms with Crippen molar-refractivity contribution in [2.24, 2.45) is 0 Å². The van der Waals surface area contributed by atoms with Gasteiger partial charge in [-0.3, -0.25) is 13.9 Å². The first-order valence-corrected chi connectivity index (χ1v) is 13.2. The minimum Gasteiger partial charge on any atom is -0.493 e. The van der Waals surface area contributed by atoms with Crippen molar-refractivity contribution in [1.82, 2.24) is 19.1 Å². The van der Waals surface area contributed by atoms with E-state index >= 15 is 0 Å². The molecule has 36 heavy (non-hydrogen) atoms. The normalized spacial score (nSPS) is 14.5. The smallest absolute Gasteiger partial charge is 0.331 e. The van der Waals surface area contributed by atoms with E-state index in [4.69, 9.17) is 9.47 Å². The lowest BCUT2D eigenvalue weighted by Crippen LogP contribution is -2.46. The lowest BCUT2D eigenvalue weighted by atomic mass is 10.0. The molecular weight excluding hydrogens is 594 g/mol. The zero-order valence-electron chi connectivity index (χ0n) is 20.1. The molecule has 1 aliphatic rings. The van der Waals surface area contributed by atoms with Crippen LogP contribution in [0.3, 0.4) is 0 Å². The summed E-state index contributed by atoms with van der Waals surface area (Å²) < 4.78 is 15.5. The number of piperidine rings is 1. The lowest BCUT2D eigenvalue weighted by molar-refractivity contribution is 0.355. The molecule has 5 rings (SSSR count). The SMILES string of the molecule is CCn1c(=O)n(C2CCN(c3ncnc4cc(OC)c(OC)cc34)CC2)c(=O)c2cc(Br)cc(Br)c21. The maximum atomic E-state index is 13.5. The molecule has 2 aromatic carbocycles. The van der Waals surface area contributed by atoms with E-state index in [1.165, 1.54) is 4.57 Å². The largest absolute Gasteiger partial charge is 0.493 e. The monoisotopic (exact) mass is 617 g/mol. The molecule has 0 aliphatic carbocycles. The Bertz CT molecular complexity index is 1590. The quantitative estimate of drug-likeness (QED) is 0.325. The number of aryl methyl sites for hydroxylation is 1. The fourth-order valence-electron chi connectivity index (χ4n) is 5.02. The number of aromatic nitrogens is 4. The third-order valence-corrected chi connectivity index (χ3v) is 7.81. The molecule has 3 heterocycles. The standard InChI is InChI=1S/C25H25Br2N5O4/c1-4-31-22-17(9-14(26)10-18(22)27)24(33)32(25(31)34)15-5-7-30(8-6-15)23-16-11-20(35-2)21(36-3)12-19(16)28-13-29-23/h9-13,15H,4-8H2,1-3H3. The van der Waals surface area contributed by atoms with Crippen LogP contribution in [0.4, 0.5) is 5.82 Å². The number of hydrogen-bond donors (Lipinski definition) is 0. The molecule has 0 spiro atoms. The second-order valence-corrected chi connectivity index (χ2v) is 10.4. The second-order valence-electron chi connectivity index (χ2n) is 8.63. The maximum absolute atomic E-state index is 13.5. The van der Waals surface area contributed by atoms with E-state index < -0.39 is 0 Å². The number of halogens is 2. The van der Waals surface area contributed by atoms with E-state index in [0.717, 1.165) is 21.2 Å². The molecule has 0 unspecified atom stereocenters. The molecule has 188 valence electrons. The van der Waals surface area contributed by atoms with Crippen LogP contribution in [0.5, 0.6) is 11.5 Å². The van der Waals surface area contributed by atoms with E-state index in [-0.39, 0.29) is 17.3 Å². The molecule has 0 N–H and O–H groups in total. The van der Waals surface area contributed by atoms with Crippen molar-refractivity contribution < 1.29 is 9.47 Å². The Kier molecular flexibility index (Phi) is 6.78. The summed E-state index contributed by atoms with van der Waals surface area (Å²) in [5.41, 5.74) is 0.846. The number of nitrogens with zero attached hydrogens (tertiary/aromatic N) is 5. The number of fused-ring (bicyclic) bond motifs is 2. The first-order chi connectivity index (χ1) is 17.4. The van der Waals surface area contributed by atoms with Crippen LogP contribution in [0.25, 0.3) is 21.8 Å². The number of anilines is 1. The topological polar surface area (TPSA) is 91.5 Å². The van der Waals surface area contributed by atoms with Crippen LogP contribution in [0, 0.1) is 0 Å². The molecule has 9 nitrogen and oxygen atoms in total. The predicted octanol–water partition coefficient (Wildman–Crippen LogP) is 4.51. The number of benzene rings is 2. The fourth-order valence-corrected chi connectivity index (χ4v) is 6.46. The number of rotatable bonds is 5. The lowest BCUT2D eigenvalue weighted by Gasteiger charge is -2.34. The zero-order chi connectivity index (χ0) is 25.6. The molecule has 1 fully saturated rings. The van der Waals surface area contributed by atoms with Gasteiger partial charge in [-0.25, -0.2) is 14.8 Å². The van der Waals surface area contributed by atoms with Crippen molar-refractivity contribution in [3.8, 4) is 11.5 Å². The van der Waals surface area contributed by atoms with Crippen molar-refractivity contribution >= 4 is 59.5 Å². The first-order valence-electron chi connectivity index (χ1n) is 11.6. The van der Waals surface area contributed by atoms with Gasteiger partial charge in [0.15, 0.2) is 11.5 Å². The molecule has 0 amide bonds. The Morgan fingerprint density at radius 1 is 0.972 bits per heavy atom. The molecule has 4 aromatic rings. The summed E-state index contributed by atoms with van der Waals surface area (Å²) in [6.07, 6.45) is 2.82. The minimum atomic E-state index is -0.277. The van der Waals surface area contributed by atoms with E-state index in [9.17, 15) is 9.59 Å². The van der Waals surface area contributed by atoms with Crippen LogP contribution in [0.15, 0.2) is 49.1 Å². The molecule has 0 saturated carbocycles. The molecule has 11 heteroatoms. The van der Waals surface area contributed by atoms with Gasteiger partial charge in [-0.05, 0) is 53.9 Å². The van der Waals surface area contributed by atoms with Crippen molar-refractivity contribution in [3.05, 3.63) is 60.4 Å². The van der Waals surface area contributed by atoms with E-state index in [1.54, 1.807) is 31.2 Å². The summed E-state index contributed by atoms with van der Waals surface area (Å²) in [5.74, 6) is 2.01. The summed E-state index contributed by atoms with van der Waals surface area (Å²) in [6, 6.07) is 7.16. The summed E-state index contributed by atoms with van der Waals surface area (Å²) in [7, 11) is 3.19. The van der Waals surface area contributed by atoms with Crippen LogP contribution in [-0.4, -0.2) is 46.4 Å². The molecule has 1 aliphatic heterocycles. The van der Waals surface area contributed by atoms with Crippen LogP contribution < -0.4 is 25.6 Å². The highest BCUT2D eigenvalue weighted by atomic mass is 79.9. The van der Waals surface area contributed by atoms with Crippen molar-refractivity contribution in [1.29, 1.82) is 0 Å². The summed E-state index contributed by atoms with van der Waals surface area (Å²) in [6.45, 7) is 3.66. The van der Waals surface area contributed by atoms with E-state index in [1.807, 2.05) is 25.1 Å². The minimum absolute atomic E-state index is 0.205. The molecule has 0 radical (unpaired) electrons. The highest BCUT2D eigenvalue weighted by Gasteiger charge is 2.27. The number of methoxy groups -OCH3 is 2. The van der Waals surface area contributed by atoms with Gasteiger partial charge in [0.05, 0.1) is 30.6 Å². The fraction of sp³-hybridized carbons (Fsp3) is 0.360. The highest BCUT2D eigenvalue weighted by Crippen LogP contribution is 2.36. The third-order valence-electron chi connectivity index (χ3n) is 6.75. The molecule has 1 saturated heterocycles. The van der Waals surface area contributed by atoms with Crippen LogP contribution >= 0.6 is 31.9 Å².